The van der Waals surface area contributed by atoms with Gasteiger partial charge in [0.05, 0.1) is 12.2 Å². The van der Waals surface area contributed by atoms with Gasteiger partial charge in [-0.25, -0.2) is 4.98 Å². The van der Waals surface area contributed by atoms with Gasteiger partial charge in [0.2, 0.25) is 0 Å². The molecule has 1 aromatic heterocycles. The van der Waals surface area contributed by atoms with Crippen LogP contribution in [0, 0.1) is 0 Å². The Labute approximate surface area is 98.5 Å². The zero-order valence-electron chi connectivity index (χ0n) is 9.36. The third-order valence-electron chi connectivity index (χ3n) is 3.17. The molecule has 2 aromatic rings. The van der Waals surface area contributed by atoms with E-state index < -0.39 is 0 Å². The molecule has 3 N–H and O–H groups in total. The van der Waals surface area contributed by atoms with Crippen LogP contribution in [0.4, 0.5) is 0 Å². The van der Waals surface area contributed by atoms with Crippen molar-refractivity contribution < 1.29 is 0 Å². The summed E-state index contributed by atoms with van der Waals surface area (Å²) >= 11 is 0. The minimum atomic E-state index is -0.0510. The number of aromatic amines is 1. The van der Waals surface area contributed by atoms with Crippen molar-refractivity contribution >= 4 is 0 Å². The van der Waals surface area contributed by atoms with Crippen LogP contribution in [0.3, 0.4) is 0 Å². The van der Waals surface area contributed by atoms with Crippen LogP contribution in [0.2, 0.25) is 0 Å². The Kier molecular flexibility index (Phi) is 2.30. The predicted molar refractivity (Wildman–Crippen MR) is 65.6 cm³/mol. The number of aromatic nitrogens is 2. The van der Waals surface area contributed by atoms with Gasteiger partial charge in [-0.05, 0) is 18.4 Å². The molecule has 4 nitrogen and oxygen atoms in total. The van der Waals surface area contributed by atoms with Crippen molar-refractivity contribution in [3.63, 3.8) is 0 Å². The van der Waals surface area contributed by atoms with Crippen molar-refractivity contribution in [2.75, 3.05) is 0 Å². The van der Waals surface area contributed by atoms with E-state index in [1.54, 1.807) is 0 Å². The van der Waals surface area contributed by atoms with Crippen molar-refractivity contribution in [1.82, 2.24) is 9.97 Å². The number of nitrogens with one attached hydrogen (secondary N) is 1. The summed E-state index contributed by atoms with van der Waals surface area (Å²) in [7, 11) is 0. The van der Waals surface area contributed by atoms with Gasteiger partial charge in [0.25, 0.3) is 5.56 Å². The first-order chi connectivity index (χ1) is 8.29. The minimum absolute atomic E-state index is 0.0510. The standard InChI is InChI=1S/C13H13N3O/c14-7-11-15-12-9-4-2-1-3-8(9)5-6-10(12)13(17)16-11/h1-4H,5-7,14H2,(H,15,16,17). The van der Waals surface area contributed by atoms with Gasteiger partial charge in [0.1, 0.15) is 5.82 Å². The average Bonchev–Trinajstić information content (AvgIpc) is 2.38. The third-order valence-corrected chi connectivity index (χ3v) is 3.17. The Morgan fingerprint density at radius 2 is 2.12 bits per heavy atom. The highest BCUT2D eigenvalue weighted by Crippen LogP contribution is 2.29. The molecule has 0 unspecified atom stereocenters. The topological polar surface area (TPSA) is 71.8 Å². The fourth-order valence-corrected chi connectivity index (χ4v) is 2.32. The quantitative estimate of drug-likeness (QED) is 0.763. The fourth-order valence-electron chi connectivity index (χ4n) is 2.32. The monoisotopic (exact) mass is 227 g/mol. The highest BCUT2D eigenvalue weighted by Gasteiger charge is 2.20. The second-order valence-corrected chi connectivity index (χ2v) is 4.20. The van der Waals surface area contributed by atoms with E-state index in [-0.39, 0.29) is 12.1 Å². The van der Waals surface area contributed by atoms with Gasteiger partial charge in [-0.3, -0.25) is 4.79 Å². The molecular formula is C13H13N3O. The number of fused-ring (bicyclic) bond motifs is 3. The van der Waals surface area contributed by atoms with Crippen LogP contribution in [0.5, 0.6) is 0 Å². The number of nitrogens with zero attached hydrogens (tertiary/aromatic N) is 1. The van der Waals surface area contributed by atoms with Crippen LogP contribution >= 0.6 is 0 Å². The maximum Gasteiger partial charge on any atom is 0.254 e. The lowest BCUT2D eigenvalue weighted by Gasteiger charge is -2.18. The smallest absolute Gasteiger partial charge is 0.254 e. The summed E-state index contributed by atoms with van der Waals surface area (Å²) in [4.78, 5) is 19.1. The van der Waals surface area contributed by atoms with Gasteiger partial charge < -0.3 is 10.7 Å². The molecule has 1 aromatic carbocycles. The molecule has 17 heavy (non-hydrogen) atoms. The number of hydrogen-bond donors (Lipinski definition) is 2. The summed E-state index contributed by atoms with van der Waals surface area (Å²) in [5, 5.41) is 0. The molecule has 0 bridgehead atoms. The fraction of sp³-hybridized carbons (Fsp3) is 0.231. The normalized spacial score (nSPS) is 13.0. The first-order valence-corrected chi connectivity index (χ1v) is 5.70. The Hall–Kier alpha value is -1.94. The van der Waals surface area contributed by atoms with E-state index in [9.17, 15) is 4.79 Å². The summed E-state index contributed by atoms with van der Waals surface area (Å²) < 4.78 is 0. The summed E-state index contributed by atoms with van der Waals surface area (Å²) in [5.41, 5.74) is 9.38. The number of H-pyrrole nitrogens is 1. The first kappa shape index (κ1) is 10.2. The van der Waals surface area contributed by atoms with Crippen molar-refractivity contribution in [1.29, 1.82) is 0 Å². The maximum absolute atomic E-state index is 11.9. The van der Waals surface area contributed by atoms with E-state index in [4.69, 9.17) is 5.73 Å². The Balaban J connectivity index is 2.31. The SMILES string of the molecule is NCc1nc2c(c(=O)[nH]1)CCc1ccccc1-2. The molecule has 0 amide bonds. The molecule has 1 aliphatic carbocycles. The second-order valence-electron chi connectivity index (χ2n) is 4.20. The zero-order chi connectivity index (χ0) is 11.8. The average molecular weight is 227 g/mol. The number of aryl methyl sites for hydroxylation is 1. The lowest BCUT2D eigenvalue weighted by atomic mass is 9.90. The molecule has 0 saturated heterocycles. The van der Waals surface area contributed by atoms with Gasteiger partial charge in [0.15, 0.2) is 0 Å². The van der Waals surface area contributed by atoms with Gasteiger partial charge in [0, 0.05) is 11.1 Å². The maximum atomic E-state index is 11.9. The second kappa shape index (κ2) is 3.82. The highest BCUT2D eigenvalue weighted by molar-refractivity contribution is 5.69. The van der Waals surface area contributed by atoms with Crippen LogP contribution in [0.1, 0.15) is 17.0 Å². The minimum Gasteiger partial charge on any atom is -0.324 e. The van der Waals surface area contributed by atoms with Crippen LogP contribution in [-0.2, 0) is 19.4 Å². The zero-order valence-corrected chi connectivity index (χ0v) is 9.36. The molecule has 0 radical (unpaired) electrons. The number of rotatable bonds is 1. The molecule has 4 heteroatoms. The molecule has 3 rings (SSSR count). The largest absolute Gasteiger partial charge is 0.324 e. The van der Waals surface area contributed by atoms with Gasteiger partial charge >= 0.3 is 0 Å². The van der Waals surface area contributed by atoms with Crippen molar-refractivity contribution in [2.24, 2.45) is 5.73 Å². The molecule has 1 heterocycles. The molecular weight excluding hydrogens is 214 g/mol. The number of hydrogen-bond acceptors (Lipinski definition) is 3. The molecule has 1 aliphatic rings. The highest BCUT2D eigenvalue weighted by atomic mass is 16.1. The van der Waals surface area contributed by atoms with Crippen LogP contribution < -0.4 is 11.3 Å². The molecule has 0 atom stereocenters. The predicted octanol–water partition coefficient (Wildman–Crippen LogP) is 0.994. The molecule has 0 spiro atoms. The Morgan fingerprint density at radius 1 is 1.29 bits per heavy atom. The van der Waals surface area contributed by atoms with E-state index >= 15 is 0 Å². The van der Waals surface area contributed by atoms with Crippen LogP contribution in [0.25, 0.3) is 11.3 Å². The van der Waals surface area contributed by atoms with Crippen molar-refractivity contribution in [3.05, 3.63) is 51.6 Å². The molecule has 0 fully saturated rings. The van der Waals surface area contributed by atoms with Gasteiger partial charge in [-0.2, -0.15) is 0 Å². The molecule has 0 saturated carbocycles. The van der Waals surface area contributed by atoms with Crippen LogP contribution in [-0.4, -0.2) is 9.97 Å². The van der Waals surface area contributed by atoms with E-state index in [0.29, 0.717) is 5.82 Å². The number of benzene rings is 1. The van der Waals surface area contributed by atoms with E-state index in [2.05, 4.69) is 16.0 Å². The molecule has 86 valence electrons. The summed E-state index contributed by atoms with van der Waals surface area (Å²) in [5.74, 6) is 0.547. The summed E-state index contributed by atoms with van der Waals surface area (Å²) in [6, 6.07) is 8.09. The Bertz CT molecular complexity index is 631. The van der Waals surface area contributed by atoms with Gasteiger partial charge in [-0.1, -0.05) is 24.3 Å². The lowest BCUT2D eigenvalue weighted by Crippen LogP contribution is -2.23. The Morgan fingerprint density at radius 3 is 2.94 bits per heavy atom. The first-order valence-electron chi connectivity index (χ1n) is 5.70. The van der Waals surface area contributed by atoms with Gasteiger partial charge in [-0.15, -0.1) is 0 Å². The third kappa shape index (κ3) is 1.57. The summed E-state index contributed by atoms with van der Waals surface area (Å²) in [6.07, 6.45) is 1.65. The summed E-state index contributed by atoms with van der Waals surface area (Å²) in [6.45, 7) is 0.255. The van der Waals surface area contributed by atoms with E-state index in [1.165, 1.54) is 5.56 Å². The van der Waals surface area contributed by atoms with E-state index in [0.717, 1.165) is 29.7 Å². The lowest BCUT2D eigenvalue weighted by molar-refractivity contribution is 0.837. The van der Waals surface area contributed by atoms with E-state index in [1.807, 2.05) is 18.2 Å². The van der Waals surface area contributed by atoms with Crippen molar-refractivity contribution in [3.8, 4) is 11.3 Å². The molecule has 0 aliphatic heterocycles. The number of nitrogens with two attached hydrogens (primary N) is 1. The van der Waals surface area contributed by atoms with Crippen molar-refractivity contribution in [2.45, 2.75) is 19.4 Å². The van der Waals surface area contributed by atoms with Crippen LogP contribution in [0.15, 0.2) is 29.1 Å².